The Kier molecular flexibility index (Phi) is 12.1. The summed E-state index contributed by atoms with van der Waals surface area (Å²) in [5, 5.41) is 7.47. The van der Waals surface area contributed by atoms with E-state index in [0.717, 1.165) is 66.5 Å². The van der Waals surface area contributed by atoms with Gasteiger partial charge in [0.15, 0.2) is 23.0 Å². The summed E-state index contributed by atoms with van der Waals surface area (Å²) >= 11 is 0. The van der Waals surface area contributed by atoms with Gasteiger partial charge in [0.25, 0.3) is 0 Å². The van der Waals surface area contributed by atoms with Gasteiger partial charge in [-0.2, -0.15) is 0 Å². The fourth-order valence-electron chi connectivity index (χ4n) is 4.42. The van der Waals surface area contributed by atoms with Crippen LogP contribution in [0.25, 0.3) is 0 Å². The highest BCUT2D eigenvalue weighted by molar-refractivity contribution is 5.51. The molecule has 0 radical (unpaired) electrons. The number of methoxy groups -OCH3 is 4. The lowest BCUT2D eigenvalue weighted by Crippen LogP contribution is -2.44. The quantitative estimate of drug-likeness (QED) is 0.258. The standard InChI is InChI=1S/C28H44N2O4/c1-8-9-10-11-26(29-18-16-22-12-14-24(31-4)27(33-6)20(22)2)30-19-17-23-13-15-25(32-5)28(34-7)21(23)3/h12-15,26,29-30H,8-11,16-19H2,1-7H3. The highest BCUT2D eigenvalue weighted by Gasteiger charge is 2.14. The molecule has 0 saturated carbocycles. The molecule has 6 nitrogen and oxygen atoms in total. The van der Waals surface area contributed by atoms with Crippen molar-refractivity contribution in [2.24, 2.45) is 0 Å². The summed E-state index contributed by atoms with van der Waals surface area (Å²) in [5.41, 5.74) is 4.84. The first-order valence-corrected chi connectivity index (χ1v) is 12.4. The van der Waals surface area contributed by atoms with Crippen LogP contribution in [-0.2, 0) is 12.8 Å². The minimum absolute atomic E-state index is 0.285. The molecule has 6 heteroatoms. The van der Waals surface area contributed by atoms with Gasteiger partial charge in [0.05, 0.1) is 34.6 Å². The van der Waals surface area contributed by atoms with Gasteiger partial charge in [-0.15, -0.1) is 0 Å². The zero-order valence-corrected chi connectivity index (χ0v) is 22.2. The maximum absolute atomic E-state index is 5.56. The molecule has 0 saturated heterocycles. The van der Waals surface area contributed by atoms with Gasteiger partial charge in [0.2, 0.25) is 0 Å². The molecule has 0 fully saturated rings. The zero-order valence-electron chi connectivity index (χ0n) is 22.2. The van der Waals surface area contributed by atoms with E-state index in [4.69, 9.17) is 18.9 Å². The van der Waals surface area contributed by atoms with Crippen molar-refractivity contribution in [2.75, 3.05) is 41.5 Å². The van der Waals surface area contributed by atoms with Crippen LogP contribution >= 0.6 is 0 Å². The van der Waals surface area contributed by atoms with Crippen molar-refractivity contribution in [3.05, 3.63) is 46.5 Å². The monoisotopic (exact) mass is 472 g/mol. The molecule has 0 atom stereocenters. The van der Waals surface area contributed by atoms with Crippen LogP contribution in [0.4, 0.5) is 0 Å². The van der Waals surface area contributed by atoms with Crippen molar-refractivity contribution in [3.63, 3.8) is 0 Å². The van der Waals surface area contributed by atoms with Crippen LogP contribution < -0.4 is 29.6 Å². The summed E-state index contributed by atoms with van der Waals surface area (Å²) < 4.78 is 22.0. The number of benzene rings is 2. The number of hydrogen-bond acceptors (Lipinski definition) is 6. The maximum atomic E-state index is 5.56. The number of rotatable bonds is 16. The first kappa shape index (κ1) is 27.8. The molecule has 2 rings (SSSR count). The first-order chi connectivity index (χ1) is 16.5. The summed E-state index contributed by atoms with van der Waals surface area (Å²) in [5.74, 6) is 3.20. The third kappa shape index (κ3) is 7.54. The van der Waals surface area contributed by atoms with E-state index in [0.29, 0.717) is 0 Å². The Labute approximate surface area is 206 Å². The average molecular weight is 473 g/mol. The Hall–Kier alpha value is -2.44. The third-order valence-corrected chi connectivity index (χ3v) is 6.48. The van der Waals surface area contributed by atoms with Crippen LogP contribution in [0.15, 0.2) is 24.3 Å². The highest BCUT2D eigenvalue weighted by atomic mass is 16.5. The number of nitrogens with one attached hydrogen (secondary N) is 2. The van der Waals surface area contributed by atoms with Gasteiger partial charge in [-0.3, -0.25) is 0 Å². The fraction of sp³-hybridized carbons (Fsp3) is 0.571. The molecule has 0 aliphatic carbocycles. The highest BCUT2D eigenvalue weighted by Crippen LogP contribution is 2.33. The Bertz CT molecular complexity index is 818. The minimum Gasteiger partial charge on any atom is -0.493 e. The van der Waals surface area contributed by atoms with Crippen LogP contribution in [-0.4, -0.2) is 47.7 Å². The molecule has 2 aromatic carbocycles. The second-order valence-electron chi connectivity index (χ2n) is 8.63. The SMILES string of the molecule is CCCCCC(NCCc1ccc(OC)c(OC)c1C)NCCc1ccc(OC)c(OC)c1C. The van der Waals surface area contributed by atoms with Gasteiger partial charge in [-0.25, -0.2) is 0 Å². The van der Waals surface area contributed by atoms with Gasteiger partial charge in [-0.05, 0) is 67.5 Å². The van der Waals surface area contributed by atoms with Crippen LogP contribution in [0.2, 0.25) is 0 Å². The van der Waals surface area contributed by atoms with Gasteiger partial charge < -0.3 is 29.6 Å². The van der Waals surface area contributed by atoms with Crippen LogP contribution in [0, 0.1) is 13.8 Å². The van der Waals surface area contributed by atoms with Crippen molar-refractivity contribution >= 4 is 0 Å². The molecular weight excluding hydrogens is 428 g/mol. The normalized spacial score (nSPS) is 11.1. The van der Waals surface area contributed by atoms with Crippen LogP contribution in [0.1, 0.15) is 54.9 Å². The summed E-state index contributed by atoms with van der Waals surface area (Å²) in [4.78, 5) is 0. The zero-order chi connectivity index (χ0) is 24.9. The third-order valence-electron chi connectivity index (χ3n) is 6.48. The molecule has 0 unspecified atom stereocenters. The van der Waals surface area contributed by atoms with E-state index in [-0.39, 0.29) is 6.17 Å². The predicted octanol–water partition coefficient (Wildman–Crippen LogP) is 5.21. The second kappa shape index (κ2) is 14.7. The van der Waals surface area contributed by atoms with E-state index in [1.54, 1.807) is 28.4 Å². The largest absolute Gasteiger partial charge is 0.493 e. The molecule has 2 aromatic rings. The van der Waals surface area contributed by atoms with Gasteiger partial charge in [-0.1, -0.05) is 38.3 Å². The van der Waals surface area contributed by atoms with E-state index in [2.05, 4.69) is 43.5 Å². The second-order valence-corrected chi connectivity index (χ2v) is 8.63. The Morgan fingerprint density at radius 2 is 1.15 bits per heavy atom. The lowest BCUT2D eigenvalue weighted by Gasteiger charge is -2.22. The van der Waals surface area contributed by atoms with Crippen LogP contribution in [0.5, 0.6) is 23.0 Å². The number of ether oxygens (including phenoxy) is 4. The Balaban J connectivity index is 1.96. The molecule has 2 N–H and O–H groups in total. The summed E-state index contributed by atoms with van der Waals surface area (Å²) in [7, 11) is 6.74. The van der Waals surface area contributed by atoms with Gasteiger partial charge in [0, 0.05) is 13.1 Å². The predicted molar refractivity (Wildman–Crippen MR) is 140 cm³/mol. The molecule has 0 amide bonds. The summed E-state index contributed by atoms with van der Waals surface area (Å²) in [6.45, 7) is 8.23. The first-order valence-electron chi connectivity index (χ1n) is 12.4. The van der Waals surface area contributed by atoms with E-state index < -0.39 is 0 Å². The van der Waals surface area contributed by atoms with E-state index >= 15 is 0 Å². The molecule has 0 aliphatic rings. The molecule has 0 bridgehead atoms. The van der Waals surface area contributed by atoms with Crippen LogP contribution in [0.3, 0.4) is 0 Å². The Morgan fingerprint density at radius 3 is 1.53 bits per heavy atom. The van der Waals surface area contributed by atoms with E-state index in [1.165, 1.54) is 30.4 Å². The maximum Gasteiger partial charge on any atom is 0.163 e. The van der Waals surface area contributed by atoms with Crippen molar-refractivity contribution in [1.82, 2.24) is 10.6 Å². The average Bonchev–Trinajstić information content (AvgIpc) is 2.85. The van der Waals surface area contributed by atoms with Crippen molar-refractivity contribution in [2.45, 2.75) is 65.5 Å². The van der Waals surface area contributed by atoms with Crippen molar-refractivity contribution < 1.29 is 18.9 Å². The molecule has 0 aliphatic heterocycles. The van der Waals surface area contributed by atoms with Gasteiger partial charge >= 0.3 is 0 Å². The fourth-order valence-corrected chi connectivity index (χ4v) is 4.42. The lowest BCUT2D eigenvalue weighted by atomic mass is 10.0. The van der Waals surface area contributed by atoms with Crippen molar-refractivity contribution in [1.29, 1.82) is 0 Å². The summed E-state index contributed by atoms with van der Waals surface area (Å²) in [6, 6.07) is 8.25. The topological polar surface area (TPSA) is 61.0 Å². The molecule has 0 spiro atoms. The minimum atomic E-state index is 0.285. The Morgan fingerprint density at radius 1 is 0.676 bits per heavy atom. The molecule has 0 aromatic heterocycles. The molecule has 0 heterocycles. The van der Waals surface area contributed by atoms with Gasteiger partial charge in [0.1, 0.15) is 0 Å². The smallest absolute Gasteiger partial charge is 0.163 e. The summed E-state index contributed by atoms with van der Waals surface area (Å²) in [6.07, 6.45) is 6.97. The molecule has 190 valence electrons. The van der Waals surface area contributed by atoms with Crippen molar-refractivity contribution in [3.8, 4) is 23.0 Å². The molecular formula is C28H44N2O4. The van der Waals surface area contributed by atoms with E-state index in [1.807, 2.05) is 12.1 Å². The number of unbranched alkanes of at least 4 members (excludes halogenated alkanes) is 2. The molecule has 34 heavy (non-hydrogen) atoms. The lowest BCUT2D eigenvalue weighted by molar-refractivity contribution is 0.351. The number of hydrogen-bond donors (Lipinski definition) is 2. The van der Waals surface area contributed by atoms with E-state index in [9.17, 15) is 0 Å².